The fraction of sp³-hybridized carbons (Fsp3) is 0.391. The number of anilines is 2. The van der Waals surface area contributed by atoms with Crippen LogP contribution in [0.2, 0.25) is 5.02 Å². The van der Waals surface area contributed by atoms with E-state index in [9.17, 15) is 22.8 Å². The van der Waals surface area contributed by atoms with E-state index in [1.54, 1.807) is 6.92 Å². The summed E-state index contributed by atoms with van der Waals surface area (Å²) in [6.45, 7) is 4.16. The van der Waals surface area contributed by atoms with Crippen molar-refractivity contribution in [1.29, 1.82) is 0 Å². The zero-order valence-electron chi connectivity index (χ0n) is 18.4. The second-order valence-corrected chi connectivity index (χ2v) is 8.40. The molecule has 0 bridgehead atoms. The highest BCUT2D eigenvalue weighted by atomic mass is 35.5. The number of alkyl halides is 3. The summed E-state index contributed by atoms with van der Waals surface area (Å²) in [5.74, 6) is -0.967. The zero-order valence-corrected chi connectivity index (χ0v) is 19.2. The lowest BCUT2D eigenvalue weighted by Gasteiger charge is -2.39. The van der Waals surface area contributed by atoms with E-state index in [-0.39, 0.29) is 18.1 Å². The molecule has 1 aliphatic rings. The second-order valence-electron chi connectivity index (χ2n) is 7.96. The molecule has 1 saturated heterocycles. The first kappa shape index (κ1) is 24.9. The number of nitrogens with zero attached hydrogens (tertiary/aromatic N) is 3. The van der Waals surface area contributed by atoms with Gasteiger partial charge in [-0.2, -0.15) is 13.2 Å². The van der Waals surface area contributed by atoms with Crippen LogP contribution in [-0.4, -0.2) is 67.4 Å². The Balaban J connectivity index is 1.53. The fourth-order valence-electron chi connectivity index (χ4n) is 3.84. The normalized spacial score (nSPS) is 15.8. The van der Waals surface area contributed by atoms with Crippen LogP contribution >= 0.6 is 11.6 Å². The van der Waals surface area contributed by atoms with Gasteiger partial charge in [-0.3, -0.25) is 14.5 Å². The maximum Gasteiger partial charge on any atom is 0.418 e. The molecule has 1 heterocycles. The van der Waals surface area contributed by atoms with Crippen molar-refractivity contribution in [2.45, 2.75) is 19.1 Å². The van der Waals surface area contributed by atoms with Gasteiger partial charge in [0.2, 0.25) is 11.8 Å². The summed E-state index contributed by atoms with van der Waals surface area (Å²) < 4.78 is 39.4. The minimum atomic E-state index is -4.59. The van der Waals surface area contributed by atoms with E-state index >= 15 is 0 Å². The molecule has 1 aliphatic heterocycles. The number of para-hydroxylation sites is 1. The van der Waals surface area contributed by atoms with E-state index < -0.39 is 23.7 Å². The molecule has 0 radical (unpaired) electrons. The monoisotopic (exact) mass is 482 g/mol. The Hall–Kier alpha value is -2.78. The predicted octanol–water partition coefficient (Wildman–Crippen LogP) is 3.97. The van der Waals surface area contributed by atoms with Crippen LogP contribution in [-0.2, 0) is 15.8 Å². The Morgan fingerprint density at radius 1 is 1.09 bits per heavy atom. The van der Waals surface area contributed by atoms with Crippen molar-refractivity contribution < 1.29 is 22.8 Å². The van der Waals surface area contributed by atoms with Gasteiger partial charge in [0.1, 0.15) is 0 Å². The van der Waals surface area contributed by atoms with Gasteiger partial charge in [-0.15, -0.1) is 0 Å². The number of halogens is 4. The maximum absolute atomic E-state index is 13.1. The van der Waals surface area contributed by atoms with Gasteiger partial charge in [0, 0.05) is 43.9 Å². The fourth-order valence-corrected chi connectivity index (χ4v) is 4.02. The molecule has 0 saturated carbocycles. The van der Waals surface area contributed by atoms with Gasteiger partial charge >= 0.3 is 6.18 Å². The lowest BCUT2D eigenvalue weighted by molar-refractivity contribution is -0.138. The third-order valence-corrected chi connectivity index (χ3v) is 5.89. The van der Waals surface area contributed by atoms with Crippen LogP contribution in [0.5, 0.6) is 0 Å². The standard InChI is InChI=1S/C23H26ClF3N4O2/c1-16(30-10-12-31(13-11-30)18-7-5-6-17(24)14-18)22(33)29(2)15-21(32)28-20-9-4-3-8-19(20)23(25,26)27/h3-9,14,16H,10-13,15H2,1-2H3,(H,28,32)/t16-/m0/s1. The quantitative estimate of drug-likeness (QED) is 0.677. The summed E-state index contributed by atoms with van der Waals surface area (Å²) in [5, 5.41) is 2.93. The second kappa shape index (κ2) is 10.4. The largest absolute Gasteiger partial charge is 0.418 e. The lowest BCUT2D eigenvalue weighted by atomic mass is 10.1. The van der Waals surface area contributed by atoms with Gasteiger partial charge in [-0.1, -0.05) is 29.8 Å². The number of carbonyl (C=O) groups excluding carboxylic acids is 2. The number of rotatable bonds is 6. The molecule has 2 aromatic rings. The number of hydrogen-bond donors (Lipinski definition) is 1. The smallest absolute Gasteiger partial charge is 0.369 e. The summed E-state index contributed by atoms with van der Waals surface area (Å²) >= 11 is 6.07. The molecule has 2 aromatic carbocycles. The third-order valence-electron chi connectivity index (χ3n) is 5.66. The van der Waals surface area contributed by atoms with Crippen molar-refractivity contribution in [2.24, 2.45) is 0 Å². The van der Waals surface area contributed by atoms with Gasteiger partial charge in [-0.25, -0.2) is 0 Å². The molecule has 0 aliphatic carbocycles. The Bertz CT molecular complexity index is 994. The SMILES string of the molecule is C[C@@H](C(=O)N(C)CC(=O)Nc1ccccc1C(F)(F)F)N1CCN(c2cccc(Cl)c2)CC1. The van der Waals surface area contributed by atoms with Crippen LogP contribution in [0, 0.1) is 0 Å². The Labute approximate surface area is 195 Å². The number of nitrogens with one attached hydrogen (secondary N) is 1. The van der Waals surface area contributed by atoms with Crippen LogP contribution in [0.25, 0.3) is 0 Å². The maximum atomic E-state index is 13.1. The molecule has 10 heteroatoms. The number of hydrogen-bond acceptors (Lipinski definition) is 4. The van der Waals surface area contributed by atoms with E-state index in [2.05, 4.69) is 10.2 Å². The third kappa shape index (κ3) is 6.39. The van der Waals surface area contributed by atoms with Crippen LogP contribution < -0.4 is 10.2 Å². The van der Waals surface area contributed by atoms with Crippen LogP contribution in [0.1, 0.15) is 12.5 Å². The topological polar surface area (TPSA) is 55.9 Å². The molecule has 33 heavy (non-hydrogen) atoms. The highest BCUT2D eigenvalue weighted by Gasteiger charge is 2.34. The first-order valence-corrected chi connectivity index (χ1v) is 10.9. The van der Waals surface area contributed by atoms with E-state index in [0.29, 0.717) is 18.1 Å². The van der Waals surface area contributed by atoms with Gasteiger partial charge in [-0.05, 0) is 37.3 Å². The van der Waals surface area contributed by atoms with Crippen LogP contribution in [0.3, 0.4) is 0 Å². The number of carbonyl (C=O) groups is 2. The van der Waals surface area contributed by atoms with Crippen molar-refractivity contribution in [3.8, 4) is 0 Å². The summed E-state index contributed by atoms with van der Waals surface area (Å²) in [5.41, 5.74) is -0.242. The average molecular weight is 483 g/mol. The summed E-state index contributed by atoms with van der Waals surface area (Å²) in [7, 11) is 1.47. The molecule has 0 spiro atoms. The number of likely N-dealkylation sites (N-methyl/N-ethyl adjacent to an activating group) is 1. The zero-order chi connectivity index (χ0) is 24.2. The molecule has 0 aromatic heterocycles. The van der Waals surface area contributed by atoms with Gasteiger partial charge in [0.25, 0.3) is 0 Å². The first-order valence-electron chi connectivity index (χ1n) is 10.5. The van der Waals surface area contributed by atoms with Gasteiger partial charge in [0.15, 0.2) is 0 Å². The molecule has 178 valence electrons. The molecule has 0 unspecified atom stereocenters. The van der Waals surface area contributed by atoms with Crippen molar-refractivity contribution in [1.82, 2.24) is 9.80 Å². The van der Waals surface area contributed by atoms with Crippen LogP contribution in [0.15, 0.2) is 48.5 Å². The molecule has 1 N–H and O–H groups in total. The Kier molecular flexibility index (Phi) is 7.86. The van der Waals surface area contributed by atoms with E-state index in [4.69, 9.17) is 11.6 Å². The van der Waals surface area contributed by atoms with Gasteiger partial charge < -0.3 is 15.1 Å². The number of piperazine rings is 1. The first-order chi connectivity index (χ1) is 15.6. The highest BCUT2D eigenvalue weighted by molar-refractivity contribution is 6.30. The molecular weight excluding hydrogens is 457 g/mol. The summed E-state index contributed by atoms with van der Waals surface area (Å²) in [4.78, 5) is 30.6. The minimum Gasteiger partial charge on any atom is -0.369 e. The Morgan fingerprint density at radius 3 is 2.39 bits per heavy atom. The van der Waals surface area contributed by atoms with Crippen molar-refractivity contribution in [2.75, 3.05) is 50.0 Å². The molecular formula is C23H26ClF3N4O2. The number of benzene rings is 2. The van der Waals surface area contributed by atoms with E-state index in [1.165, 1.54) is 30.1 Å². The van der Waals surface area contributed by atoms with E-state index in [1.807, 2.05) is 29.2 Å². The lowest BCUT2D eigenvalue weighted by Crippen LogP contribution is -2.54. The summed E-state index contributed by atoms with van der Waals surface area (Å²) in [6.07, 6.45) is -4.59. The van der Waals surface area contributed by atoms with Gasteiger partial charge in [0.05, 0.1) is 23.8 Å². The average Bonchev–Trinajstić information content (AvgIpc) is 2.77. The predicted molar refractivity (Wildman–Crippen MR) is 122 cm³/mol. The Morgan fingerprint density at radius 2 is 1.76 bits per heavy atom. The van der Waals surface area contributed by atoms with Crippen molar-refractivity contribution in [3.05, 3.63) is 59.1 Å². The van der Waals surface area contributed by atoms with Crippen molar-refractivity contribution >= 4 is 34.8 Å². The van der Waals surface area contributed by atoms with Crippen molar-refractivity contribution in [3.63, 3.8) is 0 Å². The highest BCUT2D eigenvalue weighted by Crippen LogP contribution is 2.34. The summed E-state index contributed by atoms with van der Waals surface area (Å²) in [6, 6.07) is 11.9. The van der Waals surface area contributed by atoms with E-state index in [0.717, 1.165) is 24.8 Å². The number of amides is 2. The van der Waals surface area contributed by atoms with Crippen LogP contribution in [0.4, 0.5) is 24.5 Å². The molecule has 6 nitrogen and oxygen atoms in total. The molecule has 1 fully saturated rings. The minimum absolute atomic E-state index is 0.273. The molecule has 2 amide bonds. The molecule has 3 rings (SSSR count). The molecule has 1 atom stereocenters.